The van der Waals surface area contributed by atoms with Crippen LogP contribution < -0.4 is 5.73 Å². The quantitative estimate of drug-likeness (QED) is 0.241. The standard InChI is InChI=1S/C10H19F3N2O2/c1-7(2)4-3-5-17-6-8(9(14)15-16)10(11,12)13/h7-8,16H,3-6H2,1-2H3,(H2,14,15). The number of halogens is 3. The molecule has 0 saturated heterocycles. The second-order valence-corrected chi connectivity index (χ2v) is 4.23. The van der Waals surface area contributed by atoms with E-state index in [1.165, 1.54) is 0 Å². The summed E-state index contributed by atoms with van der Waals surface area (Å²) >= 11 is 0. The molecule has 0 heterocycles. The molecule has 0 amide bonds. The zero-order chi connectivity index (χ0) is 13.5. The summed E-state index contributed by atoms with van der Waals surface area (Å²) in [5, 5.41) is 10.6. The average Bonchev–Trinajstić information content (AvgIpc) is 2.20. The van der Waals surface area contributed by atoms with E-state index in [2.05, 4.69) is 5.16 Å². The lowest BCUT2D eigenvalue weighted by Crippen LogP contribution is -2.39. The molecule has 7 heteroatoms. The summed E-state index contributed by atoms with van der Waals surface area (Å²) in [7, 11) is 0. The average molecular weight is 256 g/mol. The molecule has 0 aliphatic rings. The molecule has 0 radical (unpaired) electrons. The Morgan fingerprint density at radius 2 is 2.00 bits per heavy atom. The zero-order valence-corrected chi connectivity index (χ0v) is 10.00. The molecule has 0 aromatic carbocycles. The molecular weight excluding hydrogens is 237 g/mol. The Labute approximate surface area is 98.6 Å². The molecule has 17 heavy (non-hydrogen) atoms. The lowest BCUT2D eigenvalue weighted by molar-refractivity contribution is -0.168. The van der Waals surface area contributed by atoms with Gasteiger partial charge in [0.15, 0.2) is 5.84 Å². The fourth-order valence-corrected chi connectivity index (χ4v) is 1.21. The lowest BCUT2D eigenvalue weighted by Gasteiger charge is -2.18. The maximum absolute atomic E-state index is 12.4. The first-order valence-electron chi connectivity index (χ1n) is 5.41. The van der Waals surface area contributed by atoms with Gasteiger partial charge in [0.05, 0.1) is 6.61 Å². The number of nitrogens with zero attached hydrogens (tertiary/aromatic N) is 1. The predicted molar refractivity (Wildman–Crippen MR) is 57.8 cm³/mol. The van der Waals surface area contributed by atoms with Gasteiger partial charge in [-0.25, -0.2) is 0 Å². The Hall–Kier alpha value is -0.980. The molecule has 0 aromatic heterocycles. The molecule has 4 nitrogen and oxygen atoms in total. The Morgan fingerprint density at radius 1 is 1.41 bits per heavy atom. The van der Waals surface area contributed by atoms with Crippen LogP contribution in [0.1, 0.15) is 26.7 Å². The third kappa shape index (κ3) is 7.04. The molecule has 0 aromatic rings. The van der Waals surface area contributed by atoms with Gasteiger partial charge in [-0.05, 0) is 18.8 Å². The Morgan fingerprint density at radius 3 is 2.41 bits per heavy atom. The van der Waals surface area contributed by atoms with Crippen molar-refractivity contribution in [1.82, 2.24) is 0 Å². The van der Waals surface area contributed by atoms with Crippen molar-refractivity contribution in [3.05, 3.63) is 0 Å². The molecule has 0 aliphatic carbocycles. The van der Waals surface area contributed by atoms with Gasteiger partial charge < -0.3 is 15.7 Å². The summed E-state index contributed by atoms with van der Waals surface area (Å²) in [6, 6.07) is 0. The van der Waals surface area contributed by atoms with Gasteiger partial charge in [-0.1, -0.05) is 19.0 Å². The van der Waals surface area contributed by atoms with Crippen LogP contribution in [-0.2, 0) is 4.74 Å². The van der Waals surface area contributed by atoms with Crippen LogP contribution in [0.3, 0.4) is 0 Å². The van der Waals surface area contributed by atoms with E-state index in [0.717, 1.165) is 6.42 Å². The largest absolute Gasteiger partial charge is 0.409 e. The molecule has 102 valence electrons. The van der Waals surface area contributed by atoms with Crippen molar-refractivity contribution in [2.24, 2.45) is 22.7 Å². The smallest absolute Gasteiger partial charge is 0.401 e. The SMILES string of the molecule is CC(C)CCCOCC(C(N)=NO)C(F)(F)F. The number of hydrogen-bond acceptors (Lipinski definition) is 3. The van der Waals surface area contributed by atoms with E-state index in [-0.39, 0.29) is 6.61 Å². The molecule has 1 atom stereocenters. The number of rotatable bonds is 7. The highest BCUT2D eigenvalue weighted by Crippen LogP contribution is 2.26. The summed E-state index contributed by atoms with van der Waals surface area (Å²) in [5.74, 6) is -2.44. The second kappa shape index (κ2) is 7.37. The Kier molecular flexibility index (Phi) is 6.94. The third-order valence-corrected chi connectivity index (χ3v) is 2.22. The molecule has 0 fully saturated rings. The van der Waals surface area contributed by atoms with Gasteiger partial charge in [-0.3, -0.25) is 0 Å². The van der Waals surface area contributed by atoms with Crippen molar-refractivity contribution in [1.29, 1.82) is 0 Å². The van der Waals surface area contributed by atoms with Crippen molar-refractivity contribution in [2.45, 2.75) is 32.9 Å². The number of amidine groups is 1. The number of alkyl halides is 3. The highest BCUT2D eigenvalue weighted by Gasteiger charge is 2.43. The topological polar surface area (TPSA) is 67.8 Å². The molecule has 0 spiro atoms. The van der Waals surface area contributed by atoms with Crippen molar-refractivity contribution >= 4 is 5.84 Å². The van der Waals surface area contributed by atoms with Crippen LogP contribution in [0.4, 0.5) is 13.2 Å². The van der Waals surface area contributed by atoms with Crippen molar-refractivity contribution < 1.29 is 23.1 Å². The highest BCUT2D eigenvalue weighted by molar-refractivity contribution is 5.83. The van der Waals surface area contributed by atoms with Crippen molar-refractivity contribution in [3.8, 4) is 0 Å². The second-order valence-electron chi connectivity index (χ2n) is 4.23. The molecule has 0 saturated carbocycles. The number of oxime groups is 1. The summed E-state index contributed by atoms with van der Waals surface area (Å²) in [6.45, 7) is 3.67. The first-order chi connectivity index (χ1) is 7.79. The minimum absolute atomic E-state index is 0.240. The molecule has 0 aliphatic heterocycles. The minimum atomic E-state index is -4.56. The van der Waals surface area contributed by atoms with Crippen LogP contribution in [-0.4, -0.2) is 30.4 Å². The van der Waals surface area contributed by atoms with Gasteiger partial charge in [0.1, 0.15) is 5.92 Å². The van der Waals surface area contributed by atoms with Gasteiger partial charge in [0, 0.05) is 6.61 Å². The Bertz CT molecular complexity index is 242. The number of ether oxygens (including phenoxy) is 1. The van der Waals surface area contributed by atoms with Crippen LogP contribution in [0, 0.1) is 11.8 Å². The van der Waals surface area contributed by atoms with E-state index in [1.54, 1.807) is 0 Å². The first kappa shape index (κ1) is 16.0. The Balaban J connectivity index is 4.03. The molecule has 3 N–H and O–H groups in total. The van der Waals surface area contributed by atoms with Crippen LogP contribution in [0.15, 0.2) is 5.16 Å². The van der Waals surface area contributed by atoms with Crippen LogP contribution in [0.5, 0.6) is 0 Å². The lowest BCUT2D eigenvalue weighted by atomic mass is 10.1. The monoisotopic (exact) mass is 256 g/mol. The highest BCUT2D eigenvalue weighted by atomic mass is 19.4. The van der Waals surface area contributed by atoms with E-state index >= 15 is 0 Å². The molecule has 1 unspecified atom stereocenters. The van der Waals surface area contributed by atoms with E-state index in [1.807, 2.05) is 13.8 Å². The first-order valence-corrected chi connectivity index (χ1v) is 5.41. The van der Waals surface area contributed by atoms with E-state index in [4.69, 9.17) is 15.7 Å². The summed E-state index contributed by atoms with van der Waals surface area (Å²) in [4.78, 5) is 0. The zero-order valence-electron chi connectivity index (χ0n) is 10.00. The normalized spacial score (nSPS) is 15.3. The molecule has 0 bridgehead atoms. The fraction of sp³-hybridized carbons (Fsp3) is 0.900. The van der Waals surface area contributed by atoms with Crippen LogP contribution in [0.2, 0.25) is 0 Å². The number of nitrogens with two attached hydrogens (primary N) is 1. The van der Waals surface area contributed by atoms with Gasteiger partial charge in [0.25, 0.3) is 0 Å². The van der Waals surface area contributed by atoms with Crippen LogP contribution in [0.25, 0.3) is 0 Å². The predicted octanol–water partition coefficient (Wildman–Crippen LogP) is 2.36. The van der Waals surface area contributed by atoms with Gasteiger partial charge in [0.2, 0.25) is 0 Å². The van der Waals surface area contributed by atoms with Crippen molar-refractivity contribution in [3.63, 3.8) is 0 Å². The van der Waals surface area contributed by atoms with Gasteiger partial charge >= 0.3 is 6.18 Å². The van der Waals surface area contributed by atoms with E-state index < -0.39 is 24.5 Å². The summed E-state index contributed by atoms with van der Waals surface area (Å²) in [6.07, 6.45) is -2.98. The van der Waals surface area contributed by atoms with Gasteiger partial charge in [-0.2, -0.15) is 13.2 Å². The van der Waals surface area contributed by atoms with E-state index in [9.17, 15) is 13.2 Å². The fourth-order valence-electron chi connectivity index (χ4n) is 1.21. The summed E-state index contributed by atoms with van der Waals surface area (Å²) in [5.41, 5.74) is 4.97. The number of hydrogen-bond donors (Lipinski definition) is 2. The molecular formula is C10H19F3N2O2. The van der Waals surface area contributed by atoms with E-state index in [0.29, 0.717) is 12.3 Å². The summed E-state index contributed by atoms with van der Waals surface area (Å²) < 4.78 is 42.2. The molecule has 0 rings (SSSR count). The minimum Gasteiger partial charge on any atom is -0.409 e. The van der Waals surface area contributed by atoms with Gasteiger partial charge in [-0.15, -0.1) is 0 Å². The third-order valence-electron chi connectivity index (χ3n) is 2.22. The van der Waals surface area contributed by atoms with Crippen molar-refractivity contribution in [2.75, 3.05) is 13.2 Å². The maximum atomic E-state index is 12.4. The van der Waals surface area contributed by atoms with Crippen LogP contribution >= 0.6 is 0 Å². The maximum Gasteiger partial charge on any atom is 0.401 e.